The van der Waals surface area contributed by atoms with Crippen LogP contribution in [-0.4, -0.2) is 19.9 Å². The number of primary sulfonamides is 1. The molecule has 0 radical (unpaired) electrons. The third-order valence-electron chi connectivity index (χ3n) is 2.86. The Labute approximate surface area is 119 Å². The Morgan fingerprint density at radius 2 is 1.95 bits per heavy atom. The van der Waals surface area contributed by atoms with E-state index in [0.29, 0.717) is 17.7 Å². The van der Waals surface area contributed by atoms with Crippen molar-refractivity contribution in [2.45, 2.75) is 44.0 Å². The molecule has 112 valence electrons. The summed E-state index contributed by atoms with van der Waals surface area (Å²) >= 11 is 0. The maximum absolute atomic E-state index is 11.8. The number of carbonyl (C=O) groups excluding carboxylic acids is 1. The van der Waals surface area contributed by atoms with Crippen LogP contribution in [0.2, 0.25) is 0 Å². The minimum absolute atomic E-state index is 0.00875. The van der Waals surface area contributed by atoms with Gasteiger partial charge >= 0.3 is 0 Å². The summed E-state index contributed by atoms with van der Waals surface area (Å²) in [5, 5.41) is 7.80. The van der Waals surface area contributed by atoms with Gasteiger partial charge in [0.15, 0.2) is 0 Å². The first-order valence-electron chi connectivity index (χ1n) is 6.22. The number of nitrogens with one attached hydrogen (secondary N) is 1. The fourth-order valence-electron chi connectivity index (χ4n) is 1.71. The molecule has 7 heteroatoms. The van der Waals surface area contributed by atoms with Gasteiger partial charge in [-0.05, 0) is 44.9 Å². The summed E-state index contributed by atoms with van der Waals surface area (Å²) in [6.07, 6.45) is 0.801. The zero-order chi connectivity index (χ0) is 15.6. The maximum Gasteiger partial charge on any atom is 0.238 e. The minimum atomic E-state index is -3.80. The largest absolute Gasteiger partial charge is 0.326 e. The highest BCUT2D eigenvalue weighted by atomic mass is 32.2. The van der Waals surface area contributed by atoms with Crippen LogP contribution in [0.25, 0.3) is 0 Å². The summed E-state index contributed by atoms with van der Waals surface area (Å²) in [6, 6.07) is 4.58. The molecule has 1 aromatic rings. The van der Waals surface area contributed by atoms with E-state index in [0.717, 1.165) is 0 Å². The van der Waals surface area contributed by atoms with Crippen LogP contribution in [0.4, 0.5) is 5.69 Å². The lowest BCUT2D eigenvalue weighted by molar-refractivity contribution is -0.116. The van der Waals surface area contributed by atoms with Gasteiger partial charge in [-0.2, -0.15) is 0 Å². The van der Waals surface area contributed by atoms with Gasteiger partial charge in [0.2, 0.25) is 15.9 Å². The monoisotopic (exact) mass is 299 g/mol. The molecule has 20 heavy (non-hydrogen) atoms. The molecule has 0 atom stereocenters. The van der Waals surface area contributed by atoms with Crippen molar-refractivity contribution in [2.24, 2.45) is 10.9 Å². The molecular weight excluding hydrogens is 278 g/mol. The number of benzene rings is 1. The molecular formula is C13H21N3O3S. The highest BCUT2D eigenvalue weighted by molar-refractivity contribution is 7.89. The first-order valence-corrected chi connectivity index (χ1v) is 7.76. The number of hydrogen-bond donors (Lipinski definition) is 3. The van der Waals surface area contributed by atoms with Crippen LogP contribution in [0, 0.1) is 6.92 Å². The van der Waals surface area contributed by atoms with Gasteiger partial charge < -0.3 is 11.1 Å². The number of nitrogens with two attached hydrogens (primary N) is 2. The van der Waals surface area contributed by atoms with Gasteiger partial charge in [-0.3, -0.25) is 4.79 Å². The van der Waals surface area contributed by atoms with E-state index in [9.17, 15) is 13.2 Å². The number of rotatable bonds is 5. The standard InChI is InChI=1S/C13H21N3O3S/c1-9-10(5-4-6-11(9)20(15,18)19)16-12(17)7-8-13(2,3)14/h4-6H,7-8,14H2,1-3H3,(H,16,17)(H2,15,18,19). The molecule has 0 spiro atoms. The highest BCUT2D eigenvalue weighted by Gasteiger charge is 2.16. The van der Waals surface area contributed by atoms with Crippen molar-refractivity contribution in [2.75, 3.05) is 5.32 Å². The Morgan fingerprint density at radius 3 is 2.45 bits per heavy atom. The highest BCUT2D eigenvalue weighted by Crippen LogP contribution is 2.22. The van der Waals surface area contributed by atoms with E-state index in [1.54, 1.807) is 13.0 Å². The Balaban J connectivity index is 2.87. The van der Waals surface area contributed by atoms with Crippen molar-refractivity contribution in [3.63, 3.8) is 0 Å². The molecule has 0 aliphatic rings. The van der Waals surface area contributed by atoms with Gasteiger partial charge in [0.25, 0.3) is 0 Å². The van der Waals surface area contributed by atoms with Crippen molar-refractivity contribution >= 4 is 21.6 Å². The molecule has 1 aromatic carbocycles. The van der Waals surface area contributed by atoms with Crippen LogP contribution in [0.15, 0.2) is 23.1 Å². The summed E-state index contributed by atoms with van der Waals surface area (Å²) < 4.78 is 22.8. The van der Waals surface area contributed by atoms with Crippen molar-refractivity contribution in [3.8, 4) is 0 Å². The van der Waals surface area contributed by atoms with Crippen molar-refractivity contribution < 1.29 is 13.2 Å². The molecule has 6 nitrogen and oxygen atoms in total. The molecule has 1 amide bonds. The van der Waals surface area contributed by atoms with Crippen LogP contribution in [0.1, 0.15) is 32.3 Å². The maximum atomic E-state index is 11.8. The van der Waals surface area contributed by atoms with Crippen LogP contribution in [-0.2, 0) is 14.8 Å². The predicted octanol–water partition coefficient (Wildman–Crippen LogP) is 1.10. The molecule has 0 fully saturated rings. The smallest absolute Gasteiger partial charge is 0.238 e. The fourth-order valence-corrected chi connectivity index (χ4v) is 2.51. The molecule has 5 N–H and O–H groups in total. The molecule has 0 unspecified atom stereocenters. The van der Waals surface area contributed by atoms with Crippen molar-refractivity contribution in [1.82, 2.24) is 0 Å². The predicted molar refractivity (Wildman–Crippen MR) is 78.7 cm³/mol. The van der Waals surface area contributed by atoms with E-state index in [-0.39, 0.29) is 17.2 Å². The molecule has 0 saturated heterocycles. The molecule has 0 heterocycles. The molecule has 0 aliphatic carbocycles. The summed E-state index contributed by atoms with van der Waals surface area (Å²) in [7, 11) is -3.80. The van der Waals surface area contributed by atoms with Gasteiger partial charge in [0.05, 0.1) is 4.90 Å². The fraction of sp³-hybridized carbons (Fsp3) is 0.462. The van der Waals surface area contributed by atoms with Gasteiger partial charge in [0.1, 0.15) is 0 Å². The number of amides is 1. The average molecular weight is 299 g/mol. The Bertz CT molecular complexity index is 604. The SMILES string of the molecule is Cc1c(NC(=O)CCC(C)(C)N)cccc1S(N)(=O)=O. The van der Waals surface area contributed by atoms with Gasteiger partial charge in [-0.25, -0.2) is 13.6 Å². The zero-order valence-electron chi connectivity index (χ0n) is 11.9. The Hall–Kier alpha value is -1.44. The third-order valence-corrected chi connectivity index (χ3v) is 3.92. The quantitative estimate of drug-likeness (QED) is 0.755. The first-order chi connectivity index (χ1) is 9.00. The number of hydrogen-bond acceptors (Lipinski definition) is 4. The van der Waals surface area contributed by atoms with E-state index >= 15 is 0 Å². The first kappa shape index (κ1) is 16.6. The van der Waals surface area contributed by atoms with E-state index in [1.165, 1.54) is 12.1 Å². The van der Waals surface area contributed by atoms with Crippen LogP contribution < -0.4 is 16.2 Å². The topological polar surface area (TPSA) is 115 Å². The molecule has 0 saturated carbocycles. The third kappa shape index (κ3) is 4.92. The summed E-state index contributed by atoms with van der Waals surface area (Å²) in [5.41, 5.74) is 6.26. The average Bonchev–Trinajstić information content (AvgIpc) is 2.27. The van der Waals surface area contributed by atoms with Crippen LogP contribution in [0.5, 0.6) is 0 Å². The molecule has 0 aromatic heterocycles. The lowest BCUT2D eigenvalue weighted by Gasteiger charge is -2.18. The van der Waals surface area contributed by atoms with Crippen LogP contribution >= 0.6 is 0 Å². The normalized spacial score (nSPS) is 12.2. The second-order valence-electron chi connectivity index (χ2n) is 5.51. The number of carbonyl (C=O) groups is 1. The summed E-state index contributed by atoms with van der Waals surface area (Å²) in [5.74, 6) is -0.210. The van der Waals surface area contributed by atoms with Crippen LogP contribution in [0.3, 0.4) is 0 Å². The zero-order valence-corrected chi connectivity index (χ0v) is 12.8. The lowest BCUT2D eigenvalue weighted by Crippen LogP contribution is -2.33. The van der Waals surface area contributed by atoms with E-state index in [1.807, 2.05) is 13.8 Å². The second kappa shape index (κ2) is 5.90. The second-order valence-corrected chi connectivity index (χ2v) is 7.04. The van der Waals surface area contributed by atoms with Gasteiger partial charge in [-0.15, -0.1) is 0 Å². The van der Waals surface area contributed by atoms with Crippen molar-refractivity contribution in [3.05, 3.63) is 23.8 Å². The Morgan fingerprint density at radius 1 is 1.35 bits per heavy atom. The summed E-state index contributed by atoms with van der Waals surface area (Å²) in [4.78, 5) is 11.8. The lowest BCUT2D eigenvalue weighted by atomic mass is 10.00. The molecule has 1 rings (SSSR count). The van der Waals surface area contributed by atoms with E-state index in [2.05, 4.69) is 5.32 Å². The van der Waals surface area contributed by atoms with E-state index < -0.39 is 15.6 Å². The molecule has 0 aliphatic heterocycles. The van der Waals surface area contributed by atoms with Gasteiger partial charge in [-0.1, -0.05) is 6.07 Å². The number of sulfonamides is 1. The van der Waals surface area contributed by atoms with E-state index in [4.69, 9.17) is 10.9 Å². The number of anilines is 1. The Kier molecular flexibility index (Phi) is 4.90. The molecule has 0 bridgehead atoms. The minimum Gasteiger partial charge on any atom is -0.326 e. The van der Waals surface area contributed by atoms with Gasteiger partial charge in [0, 0.05) is 17.6 Å². The summed E-state index contributed by atoms with van der Waals surface area (Å²) in [6.45, 7) is 5.28. The van der Waals surface area contributed by atoms with Crippen molar-refractivity contribution in [1.29, 1.82) is 0 Å².